The van der Waals surface area contributed by atoms with Gasteiger partial charge in [0.25, 0.3) is 0 Å². The fourth-order valence-electron chi connectivity index (χ4n) is 4.28. The lowest BCUT2D eigenvalue weighted by atomic mass is 9.77. The van der Waals surface area contributed by atoms with Gasteiger partial charge >= 0.3 is 0 Å². The molecule has 0 bridgehead atoms. The van der Waals surface area contributed by atoms with Crippen LogP contribution in [0.25, 0.3) is 10.9 Å². The third kappa shape index (κ3) is 6.59. The van der Waals surface area contributed by atoms with E-state index in [2.05, 4.69) is 95.7 Å². The second kappa shape index (κ2) is 10.1. The monoisotopic (exact) mass is 492 g/mol. The molecule has 0 aliphatic rings. The number of benzene rings is 2. The minimum Gasteiger partial charge on any atom is -0.252 e. The van der Waals surface area contributed by atoms with Gasteiger partial charge in [0.15, 0.2) is 0 Å². The molecule has 3 atom stereocenters. The lowest BCUT2D eigenvalue weighted by Crippen LogP contribution is -2.38. The van der Waals surface area contributed by atoms with Gasteiger partial charge in [0.1, 0.15) is 0 Å². The van der Waals surface area contributed by atoms with Crippen LogP contribution in [0.1, 0.15) is 110 Å². The molecular weight excluding hydrogens is 448 g/mol. The van der Waals surface area contributed by atoms with Crippen molar-refractivity contribution >= 4 is 21.9 Å². The molecule has 35 heavy (non-hydrogen) atoms. The molecule has 3 unspecified atom stereocenters. The number of hydrogen-bond donors (Lipinski definition) is 1. The Hall–Kier alpha value is -2.04. The molecule has 1 aromatic heterocycles. The largest absolute Gasteiger partial charge is 0.252 e. The van der Waals surface area contributed by atoms with Gasteiger partial charge in [0.05, 0.1) is 27.3 Å². The number of nitrogens with zero attached hydrogens (tertiary/aromatic N) is 1. The SMILES string of the molecule is CCC(c1ccc2ccccc2n1)C(NS(=O)C(C)(C)C)c1cc(C(C)(C)C)cc(C(C)(C)C)c1. The maximum atomic E-state index is 13.5. The molecule has 4 heteroatoms. The molecule has 0 fully saturated rings. The number of nitrogens with one attached hydrogen (secondary N) is 1. The van der Waals surface area contributed by atoms with Crippen LogP contribution in [0.4, 0.5) is 0 Å². The fraction of sp³-hybridized carbons (Fsp3) is 0.516. The zero-order valence-corrected chi connectivity index (χ0v) is 24.1. The van der Waals surface area contributed by atoms with Gasteiger partial charge in [-0.15, -0.1) is 0 Å². The highest BCUT2D eigenvalue weighted by molar-refractivity contribution is 7.84. The molecule has 1 N–H and O–H groups in total. The highest BCUT2D eigenvalue weighted by Crippen LogP contribution is 2.39. The second-order valence-electron chi connectivity index (χ2n) is 12.8. The van der Waals surface area contributed by atoms with Gasteiger partial charge in [-0.2, -0.15) is 0 Å². The summed E-state index contributed by atoms with van der Waals surface area (Å²) >= 11 is 0. The van der Waals surface area contributed by atoms with Crippen molar-refractivity contribution in [1.29, 1.82) is 0 Å². The van der Waals surface area contributed by atoms with Crippen molar-refractivity contribution < 1.29 is 4.21 Å². The Labute approximate surface area is 215 Å². The molecule has 1 heterocycles. The van der Waals surface area contributed by atoms with Crippen LogP contribution in [0.3, 0.4) is 0 Å². The summed E-state index contributed by atoms with van der Waals surface area (Å²) in [5.41, 5.74) is 5.83. The Balaban J connectivity index is 2.22. The minimum absolute atomic E-state index is 0.00660. The molecule has 0 radical (unpaired) electrons. The van der Waals surface area contributed by atoms with Crippen LogP contribution in [-0.4, -0.2) is 13.9 Å². The molecule has 0 aliphatic heterocycles. The zero-order valence-electron chi connectivity index (χ0n) is 23.3. The molecule has 3 aromatic rings. The molecular formula is C31H44N2OS. The molecule has 3 rings (SSSR count). The first-order valence-electron chi connectivity index (χ1n) is 12.8. The number of aromatic nitrogens is 1. The number of hydrogen-bond acceptors (Lipinski definition) is 2. The molecule has 0 spiro atoms. The predicted octanol–water partition coefficient (Wildman–Crippen LogP) is 8.12. The summed E-state index contributed by atoms with van der Waals surface area (Å²) in [7, 11) is -1.22. The average Bonchev–Trinajstić information content (AvgIpc) is 2.76. The number of rotatable bonds is 6. The summed E-state index contributed by atoms with van der Waals surface area (Å²) in [6.07, 6.45) is 0.884. The van der Waals surface area contributed by atoms with Crippen molar-refractivity contribution in [3.63, 3.8) is 0 Å². The first-order chi connectivity index (χ1) is 16.1. The summed E-state index contributed by atoms with van der Waals surface area (Å²) in [5.74, 6) is 0.0777. The maximum absolute atomic E-state index is 13.5. The van der Waals surface area contributed by atoms with E-state index in [1.54, 1.807) is 0 Å². The quantitative estimate of drug-likeness (QED) is 0.377. The predicted molar refractivity (Wildman–Crippen MR) is 152 cm³/mol. The lowest BCUT2D eigenvalue weighted by Gasteiger charge is -2.33. The summed E-state index contributed by atoms with van der Waals surface area (Å²) < 4.78 is 16.6. The van der Waals surface area contributed by atoms with Gasteiger partial charge in [-0.25, -0.2) is 8.93 Å². The van der Waals surface area contributed by atoms with Crippen molar-refractivity contribution in [2.24, 2.45) is 0 Å². The summed E-state index contributed by atoms with van der Waals surface area (Å²) in [5, 5.41) is 1.14. The minimum atomic E-state index is -1.22. The van der Waals surface area contributed by atoms with Gasteiger partial charge in [-0.05, 0) is 66.8 Å². The smallest absolute Gasteiger partial charge is 0.0976 e. The molecule has 2 aromatic carbocycles. The van der Waals surface area contributed by atoms with Crippen LogP contribution in [0.5, 0.6) is 0 Å². The second-order valence-corrected chi connectivity index (χ2v) is 14.8. The van der Waals surface area contributed by atoms with E-state index in [-0.39, 0.29) is 27.5 Å². The van der Waals surface area contributed by atoms with E-state index in [4.69, 9.17) is 4.98 Å². The topological polar surface area (TPSA) is 42.0 Å². The fourth-order valence-corrected chi connectivity index (χ4v) is 5.16. The standard InChI is InChI=1S/C31H44N2OS/c1-11-25(27-17-16-21-14-12-13-15-26(21)32-27)28(33-35(34)31(8,9)10)22-18-23(29(2,3)4)20-24(19-22)30(5,6)7/h12-20,25,28,33H,11H2,1-10H3. The normalized spacial score (nSPS) is 15.7. The molecule has 0 saturated carbocycles. The van der Waals surface area contributed by atoms with E-state index >= 15 is 0 Å². The lowest BCUT2D eigenvalue weighted by molar-refractivity contribution is 0.484. The Kier molecular flexibility index (Phi) is 7.98. The van der Waals surface area contributed by atoms with E-state index in [1.807, 2.05) is 32.9 Å². The van der Waals surface area contributed by atoms with Crippen molar-refractivity contribution in [3.8, 4) is 0 Å². The van der Waals surface area contributed by atoms with Crippen molar-refractivity contribution in [2.75, 3.05) is 0 Å². The molecule has 3 nitrogen and oxygen atoms in total. The highest BCUT2D eigenvalue weighted by atomic mass is 32.2. The Morgan fingerprint density at radius 3 is 1.91 bits per heavy atom. The van der Waals surface area contributed by atoms with Crippen molar-refractivity contribution in [2.45, 2.75) is 103 Å². The van der Waals surface area contributed by atoms with Crippen LogP contribution < -0.4 is 4.72 Å². The van der Waals surface area contributed by atoms with Crippen LogP contribution in [0, 0.1) is 0 Å². The van der Waals surface area contributed by atoms with Crippen LogP contribution in [0.2, 0.25) is 0 Å². The Morgan fingerprint density at radius 1 is 0.829 bits per heavy atom. The van der Waals surface area contributed by atoms with Gasteiger partial charge in [0, 0.05) is 17.0 Å². The van der Waals surface area contributed by atoms with Crippen LogP contribution in [-0.2, 0) is 21.8 Å². The van der Waals surface area contributed by atoms with E-state index in [0.29, 0.717) is 0 Å². The van der Waals surface area contributed by atoms with Gasteiger partial charge in [0.2, 0.25) is 0 Å². The number of pyridine rings is 1. The Bertz CT molecular complexity index is 1160. The summed E-state index contributed by atoms with van der Waals surface area (Å²) in [6.45, 7) is 21.8. The van der Waals surface area contributed by atoms with Gasteiger partial charge in [-0.3, -0.25) is 4.98 Å². The van der Waals surface area contributed by atoms with E-state index in [9.17, 15) is 4.21 Å². The summed E-state index contributed by atoms with van der Waals surface area (Å²) in [6, 6.07) is 19.4. The molecule has 0 amide bonds. The van der Waals surface area contributed by atoms with Crippen LogP contribution >= 0.6 is 0 Å². The van der Waals surface area contributed by atoms with Crippen LogP contribution in [0.15, 0.2) is 54.6 Å². The number of para-hydroxylation sites is 1. The highest BCUT2D eigenvalue weighted by Gasteiger charge is 2.32. The van der Waals surface area contributed by atoms with Crippen molar-refractivity contribution in [1.82, 2.24) is 9.71 Å². The van der Waals surface area contributed by atoms with E-state index < -0.39 is 11.0 Å². The average molecular weight is 493 g/mol. The third-order valence-corrected chi connectivity index (χ3v) is 8.26. The first kappa shape index (κ1) is 27.5. The number of fused-ring (bicyclic) bond motifs is 1. The van der Waals surface area contributed by atoms with E-state index in [1.165, 1.54) is 16.7 Å². The molecule has 0 saturated heterocycles. The molecule has 0 aliphatic carbocycles. The first-order valence-corrected chi connectivity index (χ1v) is 14.0. The summed E-state index contributed by atoms with van der Waals surface area (Å²) in [4.78, 5) is 5.07. The maximum Gasteiger partial charge on any atom is 0.0976 e. The zero-order chi connectivity index (χ0) is 26.2. The van der Waals surface area contributed by atoms with E-state index in [0.717, 1.165) is 23.0 Å². The third-order valence-electron chi connectivity index (χ3n) is 6.68. The van der Waals surface area contributed by atoms with Gasteiger partial charge < -0.3 is 0 Å². The van der Waals surface area contributed by atoms with Gasteiger partial charge in [-0.1, -0.05) is 90.9 Å². The van der Waals surface area contributed by atoms with Crippen molar-refractivity contribution in [3.05, 3.63) is 77.0 Å². The Morgan fingerprint density at radius 2 is 1.40 bits per heavy atom. The molecule has 190 valence electrons.